The van der Waals surface area contributed by atoms with Crippen molar-refractivity contribution in [3.63, 3.8) is 0 Å². The van der Waals surface area contributed by atoms with Crippen LogP contribution in [0.4, 0.5) is 5.69 Å². The number of anilines is 1. The lowest BCUT2D eigenvalue weighted by molar-refractivity contribution is -0.134. The fourth-order valence-corrected chi connectivity index (χ4v) is 5.15. The van der Waals surface area contributed by atoms with E-state index in [4.69, 9.17) is 5.26 Å². The Bertz CT molecular complexity index is 1470. The molecular formula is C32H30N6O. The van der Waals surface area contributed by atoms with Crippen molar-refractivity contribution in [2.24, 2.45) is 0 Å². The second-order valence-corrected chi connectivity index (χ2v) is 9.84. The highest BCUT2D eigenvalue weighted by molar-refractivity contribution is 5.78. The summed E-state index contributed by atoms with van der Waals surface area (Å²) in [5.41, 5.74) is 4.50. The molecule has 7 heteroatoms. The monoisotopic (exact) mass is 514 g/mol. The van der Waals surface area contributed by atoms with Crippen LogP contribution in [0.1, 0.15) is 40.9 Å². The Morgan fingerprint density at radius 3 is 2.10 bits per heavy atom. The predicted octanol–water partition coefficient (Wildman–Crippen LogP) is 4.92. The van der Waals surface area contributed by atoms with E-state index in [1.807, 2.05) is 46.0 Å². The summed E-state index contributed by atoms with van der Waals surface area (Å²) in [4.78, 5) is 22.7. The highest BCUT2D eigenvalue weighted by Gasteiger charge is 2.29. The summed E-state index contributed by atoms with van der Waals surface area (Å²) < 4.78 is 2.00. The highest BCUT2D eigenvalue weighted by atomic mass is 16.2. The van der Waals surface area contributed by atoms with Crippen LogP contribution in [0.3, 0.4) is 0 Å². The molecule has 194 valence electrons. The first kappa shape index (κ1) is 25.8. The van der Waals surface area contributed by atoms with Gasteiger partial charge in [0.1, 0.15) is 5.82 Å². The number of para-hydroxylation sites is 1. The molecule has 0 unspecified atom stereocenters. The van der Waals surface area contributed by atoms with Crippen LogP contribution in [0.25, 0.3) is 0 Å². The number of hydrogen-bond donors (Lipinski definition) is 0. The van der Waals surface area contributed by atoms with E-state index < -0.39 is 0 Å². The zero-order valence-corrected chi connectivity index (χ0v) is 21.8. The van der Waals surface area contributed by atoms with Gasteiger partial charge in [0, 0.05) is 50.3 Å². The van der Waals surface area contributed by atoms with E-state index in [9.17, 15) is 10.1 Å². The van der Waals surface area contributed by atoms with Crippen LogP contribution < -0.4 is 4.90 Å². The molecule has 1 saturated heterocycles. The first-order valence-electron chi connectivity index (χ1n) is 13.2. The second kappa shape index (κ2) is 12.1. The number of amides is 1. The summed E-state index contributed by atoms with van der Waals surface area (Å²) in [6.07, 6.45) is 5.60. The maximum atomic E-state index is 13.8. The molecule has 0 aliphatic carbocycles. The summed E-state index contributed by atoms with van der Waals surface area (Å²) in [5.74, 6) is 0.765. The van der Waals surface area contributed by atoms with E-state index >= 15 is 0 Å². The predicted molar refractivity (Wildman–Crippen MR) is 150 cm³/mol. The number of aromatic nitrogens is 2. The van der Waals surface area contributed by atoms with Crippen LogP contribution in [0.5, 0.6) is 0 Å². The molecule has 0 radical (unpaired) electrons. The van der Waals surface area contributed by atoms with Crippen LogP contribution in [0.2, 0.25) is 0 Å². The third kappa shape index (κ3) is 6.34. The number of carbonyl (C=O) groups excluding carboxylic acids is 1. The first-order valence-corrected chi connectivity index (χ1v) is 13.2. The normalized spacial score (nSPS) is 13.4. The summed E-state index contributed by atoms with van der Waals surface area (Å²) in [6, 6.07) is 29.8. The van der Waals surface area contributed by atoms with Gasteiger partial charge in [0.25, 0.3) is 0 Å². The van der Waals surface area contributed by atoms with Gasteiger partial charge in [0.05, 0.1) is 29.7 Å². The van der Waals surface area contributed by atoms with Gasteiger partial charge in [-0.1, -0.05) is 42.5 Å². The molecule has 7 nitrogen and oxygen atoms in total. The number of piperidine rings is 1. The Morgan fingerprint density at radius 1 is 0.872 bits per heavy atom. The van der Waals surface area contributed by atoms with E-state index in [0.717, 1.165) is 42.9 Å². The van der Waals surface area contributed by atoms with Gasteiger partial charge in [0.15, 0.2) is 0 Å². The van der Waals surface area contributed by atoms with Crippen molar-refractivity contribution in [1.29, 1.82) is 10.5 Å². The van der Waals surface area contributed by atoms with Crippen molar-refractivity contribution in [3.8, 4) is 12.1 Å². The van der Waals surface area contributed by atoms with Crippen molar-refractivity contribution in [2.45, 2.75) is 38.4 Å². The van der Waals surface area contributed by atoms with E-state index in [2.05, 4.69) is 46.3 Å². The minimum atomic E-state index is 0.0461. The molecule has 4 aromatic rings. The first-order chi connectivity index (χ1) is 19.1. The minimum Gasteiger partial charge on any atom is -0.371 e. The highest BCUT2D eigenvalue weighted by Crippen LogP contribution is 2.24. The third-order valence-corrected chi connectivity index (χ3v) is 7.33. The lowest BCUT2D eigenvalue weighted by atomic mass is 10.0. The molecule has 39 heavy (non-hydrogen) atoms. The van der Waals surface area contributed by atoms with Gasteiger partial charge in [-0.05, 0) is 60.4 Å². The van der Waals surface area contributed by atoms with Gasteiger partial charge in [-0.15, -0.1) is 0 Å². The van der Waals surface area contributed by atoms with E-state index in [-0.39, 0.29) is 18.4 Å². The van der Waals surface area contributed by atoms with Crippen LogP contribution >= 0.6 is 0 Å². The molecule has 5 rings (SSSR count). The molecule has 1 amide bonds. The molecule has 0 atom stereocenters. The molecule has 0 spiro atoms. The SMILES string of the molecule is N#Cc1ccc(CN(C(=O)Cc2nccn2Cc2ccc(C#N)cc2)C2CCN(c3ccccc3)CC2)cc1. The van der Waals surface area contributed by atoms with Crippen LogP contribution in [0, 0.1) is 22.7 Å². The fraction of sp³-hybridized carbons (Fsp3) is 0.250. The Labute approximate surface area is 229 Å². The number of imidazole rings is 1. The third-order valence-electron chi connectivity index (χ3n) is 7.33. The molecule has 1 aliphatic heterocycles. The Kier molecular flexibility index (Phi) is 8.00. The Balaban J connectivity index is 1.32. The fourth-order valence-electron chi connectivity index (χ4n) is 5.15. The van der Waals surface area contributed by atoms with Crippen molar-refractivity contribution in [3.05, 3.63) is 119 Å². The quantitative estimate of drug-likeness (QED) is 0.333. The van der Waals surface area contributed by atoms with Crippen molar-refractivity contribution in [1.82, 2.24) is 14.5 Å². The van der Waals surface area contributed by atoms with Gasteiger partial charge in [-0.2, -0.15) is 10.5 Å². The molecule has 1 fully saturated rings. The zero-order valence-electron chi connectivity index (χ0n) is 21.8. The standard InChI is InChI=1S/C32H30N6O/c33-21-25-6-10-27(11-7-25)23-37-19-16-35-31(37)20-32(39)38(24-28-12-8-26(22-34)9-13-28)30-14-17-36(18-15-30)29-4-2-1-3-5-29/h1-13,16,19,30H,14-15,17-18,20,23-24H2. The average Bonchev–Trinajstić information content (AvgIpc) is 3.43. The lowest BCUT2D eigenvalue weighted by Crippen LogP contribution is -2.47. The number of rotatable bonds is 8. The summed E-state index contributed by atoms with van der Waals surface area (Å²) in [7, 11) is 0. The molecule has 1 aromatic heterocycles. The minimum absolute atomic E-state index is 0.0461. The Morgan fingerprint density at radius 2 is 1.49 bits per heavy atom. The van der Waals surface area contributed by atoms with Crippen molar-refractivity contribution in [2.75, 3.05) is 18.0 Å². The van der Waals surface area contributed by atoms with Gasteiger partial charge in [-0.25, -0.2) is 4.98 Å². The number of carbonyl (C=O) groups is 1. The molecule has 2 heterocycles. The van der Waals surface area contributed by atoms with E-state index in [1.54, 1.807) is 30.5 Å². The molecule has 0 N–H and O–H groups in total. The van der Waals surface area contributed by atoms with Crippen LogP contribution in [-0.2, 0) is 24.3 Å². The average molecular weight is 515 g/mol. The van der Waals surface area contributed by atoms with Crippen molar-refractivity contribution >= 4 is 11.6 Å². The van der Waals surface area contributed by atoms with E-state index in [1.165, 1.54) is 5.69 Å². The number of nitriles is 2. The van der Waals surface area contributed by atoms with Gasteiger partial charge < -0.3 is 14.4 Å². The summed E-state index contributed by atoms with van der Waals surface area (Å²) in [6.45, 7) is 2.86. The molecule has 0 bridgehead atoms. The zero-order chi connectivity index (χ0) is 27.0. The molecule has 1 aliphatic rings. The lowest BCUT2D eigenvalue weighted by Gasteiger charge is -2.39. The number of nitrogens with zero attached hydrogens (tertiary/aromatic N) is 6. The van der Waals surface area contributed by atoms with Gasteiger partial charge in [-0.3, -0.25) is 4.79 Å². The largest absolute Gasteiger partial charge is 0.371 e. The van der Waals surface area contributed by atoms with Crippen molar-refractivity contribution < 1.29 is 4.79 Å². The smallest absolute Gasteiger partial charge is 0.230 e. The summed E-state index contributed by atoms with van der Waals surface area (Å²) in [5, 5.41) is 18.2. The second-order valence-electron chi connectivity index (χ2n) is 9.84. The maximum absolute atomic E-state index is 13.8. The molecule has 0 saturated carbocycles. The van der Waals surface area contributed by atoms with E-state index in [0.29, 0.717) is 24.2 Å². The molecular weight excluding hydrogens is 484 g/mol. The van der Waals surface area contributed by atoms with Crippen LogP contribution in [-0.4, -0.2) is 39.5 Å². The van der Waals surface area contributed by atoms with Gasteiger partial charge >= 0.3 is 0 Å². The summed E-state index contributed by atoms with van der Waals surface area (Å²) >= 11 is 0. The van der Waals surface area contributed by atoms with Crippen LogP contribution in [0.15, 0.2) is 91.3 Å². The number of benzene rings is 3. The Hall–Kier alpha value is -4.88. The molecule has 3 aromatic carbocycles. The van der Waals surface area contributed by atoms with Gasteiger partial charge in [0.2, 0.25) is 5.91 Å². The number of hydrogen-bond acceptors (Lipinski definition) is 5. The topological polar surface area (TPSA) is 89.0 Å². The maximum Gasteiger partial charge on any atom is 0.230 e.